The topological polar surface area (TPSA) is 58.6 Å². The van der Waals surface area contributed by atoms with Crippen LogP contribution in [0, 0.1) is 5.92 Å². The van der Waals surface area contributed by atoms with Crippen LogP contribution in [0.3, 0.4) is 0 Å². The molecule has 0 aliphatic carbocycles. The number of carbonyl (C=O) groups is 1. The maximum Gasteiger partial charge on any atom is 0.223 e. The summed E-state index contributed by atoms with van der Waals surface area (Å²) in [5.41, 5.74) is 2.38. The Labute approximate surface area is 126 Å². The number of aliphatic hydroxyl groups excluding tert-OH is 1. The van der Waals surface area contributed by atoms with Crippen molar-refractivity contribution < 1.29 is 14.6 Å². The summed E-state index contributed by atoms with van der Waals surface area (Å²) in [7, 11) is 0. The fraction of sp³-hybridized carbons (Fsp3) is 0.588. The number of benzene rings is 1. The Kier molecular flexibility index (Phi) is 5.76. The normalized spacial score (nSPS) is 19.1. The van der Waals surface area contributed by atoms with E-state index in [4.69, 9.17) is 4.74 Å². The summed E-state index contributed by atoms with van der Waals surface area (Å²) in [5, 5.41) is 12.2. The third-order valence-electron chi connectivity index (χ3n) is 3.80. The van der Waals surface area contributed by atoms with E-state index in [1.54, 1.807) is 0 Å². The van der Waals surface area contributed by atoms with Gasteiger partial charge in [-0.25, -0.2) is 0 Å². The van der Waals surface area contributed by atoms with Gasteiger partial charge in [-0.05, 0) is 29.9 Å². The molecule has 1 aromatic carbocycles. The molecule has 2 atom stereocenters. The van der Waals surface area contributed by atoms with Crippen LogP contribution >= 0.6 is 0 Å². The summed E-state index contributed by atoms with van der Waals surface area (Å²) in [6, 6.07) is 7.96. The lowest BCUT2D eigenvalue weighted by atomic mass is 9.95. The highest BCUT2D eigenvalue weighted by Crippen LogP contribution is 2.29. The molecule has 0 saturated heterocycles. The first-order chi connectivity index (χ1) is 10.1. The molecule has 1 aromatic rings. The van der Waals surface area contributed by atoms with E-state index in [2.05, 4.69) is 25.2 Å². The van der Waals surface area contributed by atoms with Crippen molar-refractivity contribution in [2.45, 2.75) is 45.3 Å². The van der Waals surface area contributed by atoms with Crippen molar-refractivity contribution in [3.63, 3.8) is 0 Å². The number of amides is 1. The van der Waals surface area contributed by atoms with E-state index in [1.807, 2.05) is 18.2 Å². The Bertz CT molecular complexity index is 473. The van der Waals surface area contributed by atoms with Crippen molar-refractivity contribution in [3.8, 4) is 0 Å². The van der Waals surface area contributed by atoms with Gasteiger partial charge in [-0.3, -0.25) is 4.79 Å². The van der Waals surface area contributed by atoms with Gasteiger partial charge in [-0.1, -0.05) is 38.1 Å². The third kappa shape index (κ3) is 4.55. The lowest BCUT2D eigenvalue weighted by Crippen LogP contribution is -2.39. The minimum absolute atomic E-state index is 0.0218. The summed E-state index contributed by atoms with van der Waals surface area (Å²) in [5.74, 6) is 0.380. The molecule has 0 radical (unpaired) electrons. The highest BCUT2D eigenvalue weighted by Gasteiger charge is 2.24. The molecule has 2 unspecified atom stereocenters. The molecule has 0 fully saturated rings. The molecule has 21 heavy (non-hydrogen) atoms. The first kappa shape index (κ1) is 16.0. The number of aliphatic hydroxyl groups is 1. The summed E-state index contributed by atoms with van der Waals surface area (Å²) in [4.78, 5) is 12.2. The molecule has 4 nitrogen and oxygen atoms in total. The first-order valence-corrected chi connectivity index (χ1v) is 7.69. The van der Waals surface area contributed by atoms with Crippen LogP contribution in [0.2, 0.25) is 0 Å². The number of nitrogens with one attached hydrogen (secondary N) is 1. The van der Waals surface area contributed by atoms with Gasteiger partial charge in [0.1, 0.15) is 0 Å². The summed E-state index contributed by atoms with van der Waals surface area (Å²) >= 11 is 0. The number of fused-ring (bicyclic) bond motifs is 1. The molecular formula is C17H25NO3. The Morgan fingerprint density at radius 1 is 1.43 bits per heavy atom. The Morgan fingerprint density at radius 3 is 2.90 bits per heavy atom. The zero-order valence-corrected chi connectivity index (χ0v) is 12.8. The highest BCUT2D eigenvalue weighted by atomic mass is 16.5. The van der Waals surface area contributed by atoms with Crippen molar-refractivity contribution >= 4 is 5.91 Å². The molecule has 0 aromatic heterocycles. The molecule has 0 bridgehead atoms. The van der Waals surface area contributed by atoms with E-state index >= 15 is 0 Å². The summed E-state index contributed by atoms with van der Waals surface area (Å²) < 4.78 is 5.75. The molecule has 0 spiro atoms. The molecule has 2 N–H and O–H groups in total. The minimum Gasteiger partial charge on any atom is -0.394 e. The van der Waals surface area contributed by atoms with Crippen LogP contribution in [0.1, 0.15) is 43.9 Å². The lowest BCUT2D eigenvalue weighted by molar-refractivity contribution is -0.125. The molecule has 116 valence electrons. The molecule has 2 rings (SSSR count). The lowest BCUT2D eigenvalue weighted by Gasteiger charge is -2.26. The van der Waals surface area contributed by atoms with Gasteiger partial charge in [-0.15, -0.1) is 0 Å². The average molecular weight is 291 g/mol. The van der Waals surface area contributed by atoms with Gasteiger partial charge in [0.25, 0.3) is 0 Å². The van der Waals surface area contributed by atoms with Gasteiger partial charge < -0.3 is 15.2 Å². The van der Waals surface area contributed by atoms with Crippen LogP contribution in [0.4, 0.5) is 0 Å². The molecule has 4 heteroatoms. The maximum atomic E-state index is 12.2. The predicted molar refractivity (Wildman–Crippen MR) is 81.9 cm³/mol. The van der Waals surface area contributed by atoms with Crippen molar-refractivity contribution in [2.24, 2.45) is 5.92 Å². The van der Waals surface area contributed by atoms with Gasteiger partial charge in [0.2, 0.25) is 5.91 Å². The smallest absolute Gasteiger partial charge is 0.223 e. The van der Waals surface area contributed by atoms with Gasteiger partial charge >= 0.3 is 0 Å². The zero-order valence-electron chi connectivity index (χ0n) is 12.8. The maximum absolute atomic E-state index is 12.2. The van der Waals surface area contributed by atoms with Crippen LogP contribution in [-0.4, -0.2) is 30.3 Å². The van der Waals surface area contributed by atoms with E-state index in [0.717, 1.165) is 18.4 Å². The van der Waals surface area contributed by atoms with Crippen LogP contribution < -0.4 is 5.32 Å². The fourth-order valence-electron chi connectivity index (χ4n) is 2.85. The summed E-state index contributed by atoms with van der Waals surface area (Å²) in [6.07, 6.45) is 1.82. The minimum atomic E-state index is -0.173. The Morgan fingerprint density at radius 2 is 2.19 bits per heavy atom. The first-order valence-electron chi connectivity index (χ1n) is 7.69. The standard InChI is InChI=1S/C17H25NO3/c1-12(2)9-14(11-19)18-17(20)10-16-15-6-4-3-5-13(15)7-8-21-16/h3-6,12,14,16,19H,7-11H2,1-2H3,(H,18,20). The number of hydrogen-bond acceptors (Lipinski definition) is 3. The van der Waals surface area contributed by atoms with E-state index in [-0.39, 0.29) is 24.7 Å². The van der Waals surface area contributed by atoms with Gasteiger partial charge in [0.15, 0.2) is 0 Å². The Balaban J connectivity index is 1.94. The fourth-order valence-corrected chi connectivity index (χ4v) is 2.85. The number of hydrogen-bond donors (Lipinski definition) is 2. The Hall–Kier alpha value is -1.39. The second-order valence-electron chi connectivity index (χ2n) is 6.09. The number of rotatable bonds is 6. The van der Waals surface area contributed by atoms with Crippen LogP contribution in [0.15, 0.2) is 24.3 Å². The van der Waals surface area contributed by atoms with Crippen molar-refractivity contribution in [1.29, 1.82) is 0 Å². The van der Waals surface area contributed by atoms with Crippen molar-refractivity contribution in [1.82, 2.24) is 5.32 Å². The number of ether oxygens (including phenoxy) is 1. The van der Waals surface area contributed by atoms with Gasteiger partial charge in [0.05, 0.1) is 31.8 Å². The number of carbonyl (C=O) groups excluding carboxylic acids is 1. The van der Waals surface area contributed by atoms with Crippen LogP contribution in [0.25, 0.3) is 0 Å². The highest BCUT2D eigenvalue weighted by molar-refractivity contribution is 5.77. The van der Waals surface area contributed by atoms with Crippen molar-refractivity contribution in [3.05, 3.63) is 35.4 Å². The predicted octanol–water partition coefficient (Wildman–Crippen LogP) is 2.21. The van der Waals surface area contributed by atoms with E-state index < -0.39 is 0 Å². The third-order valence-corrected chi connectivity index (χ3v) is 3.80. The van der Waals surface area contributed by atoms with E-state index in [9.17, 15) is 9.90 Å². The molecule has 1 aliphatic rings. The second-order valence-corrected chi connectivity index (χ2v) is 6.09. The van der Waals surface area contributed by atoms with Crippen LogP contribution in [-0.2, 0) is 16.0 Å². The molecule has 1 amide bonds. The molecule has 1 aliphatic heterocycles. The van der Waals surface area contributed by atoms with Gasteiger partial charge in [0, 0.05) is 0 Å². The van der Waals surface area contributed by atoms with Crippen LogP contribution in [0.5, 0.6) is 0 Å². The molecule has 1 heterocycles. The summed E-state index contributed by atoms with van der Waals surface area (Å²) in [6.45, 7) is 4.79. The van der Waals surface area contributed by atoms with Crippen molar-refractivity contribution in [2.75, 3.05) is 13.2 Å². The van der Waals surface area contributed by atoms with E-state index in [1.165, 1.54) is 5.56 Å². The monoisotopic (exact) mass is 291 g/mol. The quantitative estimate of drug-likeness (QED) is 0.845. The largest absolute Gasteiger partial charge is 0.394 e. The second kappa shape index (κ2) is 7.57. The molecule has 0 saturated carbocycles. The van der Waals surface area contributed by atoms with Gasteiger partial charge in [-0.2, -0.15) is 0 Å². The zero-order chi connectivity index (χ0) is 15.2. The van der Waals surface area contributed by atoms with E-state index in [0.29, 0.717) is 18.9 Å². The molecular weight excluding hydrogens is 266 g/mol. The average Bonchev–Trinajstić information content (AvgIpc) is 2.46. The SMILES string of the molecule is CC(C)CC(CO)NC(=O)CC1OCCc2ccccc21.